The summed E-state index contributed by atoms with van der Waals surface area (Å²) in [5.41, 5.74) is 7.14. The van der Waals surface area contributed by atoms with Gasteiger partial charge in [0.15, 0.2) is 0 Å². The minimum Gasteiger partial charge on any atom is -0.341 e. The van der Waals surface area contributed by atoms with E-state index in [-0.39, 0.29) is 23.3 Å². The number of hydrogen-bond acceptors (Lipinski definition) is 3. The van der Waals surface area contributed by atoms with Crippen LogP contribution < -0.4 is 5.73 Å². The summed E-state index contributed by atoms with van der Waals surface area (Å²) in [5, 5.41) is 6.70. The highest BCUT2D eigenvalue weighted by atomic mass is 16.2. The highest BCUT2D eigenvalue weighted by Gasteiger charge is 2.45. The van der Waals surface area contributed by atoms with Crippen LogP contribution in [0.2, 0.25) is 0 Å². The van der Waals surface area contributed by atoms with Gasteiger partial charge in [-0.2, -0.15) is 5.10 Å². The molecule has 0 aliphatic heterocycles. The molecule has 1 saturated carbocycles. The normalized spacial score (nSPS) is 29.1. The lowest BCUT2D eigenvalue weighted by Crippen LogP contribution is -2.51. The first-order valence-electron chi connectivity index (χ1n) is 7.32. The summed E-state index contributed by atoms with van der Waals surface area (Å²) in [5.74, 6) is 0.622. The Morgan fingerprint density at radius 2 is 2.25 bits per heavy atom. The second kappa shape index (κ2) is 5.56. The largest absolute Gasteiger partial charge is 0.341 e. The molecule has 0 saturated heterocycles. The van der Waals surface area contributed by atoms with Crippen molar-refractivity contribution in [1.82, 2.24) is 15.1 Å². The van der Waals surface area contributed by atoms with Gasteiger partial charge in [0.1, 0.15) is 0 Å². The third kappa shape index (κ3) is 2.73. The van der Waals surface area contributed by atoms with Crippen molar-refractivity contribution in [2.75, 3.05) is 7.05 Å². The number of hydrogen-bond donors (Lipinski definition) is 2. The molecule has 3 N–H and O–H groups in total. The Morgan fingerprint density at radius 1 is 1.55 bits per heavy atom. The molecule has 0 bridgehead atoms. The van der Waals surface area contributed by atoms with Crippen LogP contribution in [-0.2, 0) is 11.3 Å². The number of amides is 1. The SMILES string of the molecule is CC1C(N)CCC(C(=O)N(C)Cc2cn[nH]c2)C1(C)C. The number of aromatic amines is 1. The third-order valence-electron chi connectivity index (χ3n) is 5.15. The van der Waals surface area contributed by atoms with Gasteiger partial charge in [-0.25, -0.2) is 0 Å². The topological polar surface area (TPSA) is 75.0 Å². The molecule has 1 amide bonds. The van der Waals surface area contributed by atoms with Gasteiger partial charge in [0, 0.05) is 37.3 Å². The molecule has 1 aliphatic rings. The molecular formula is C15H26N4O. The van der Waals surface area contributed by atoms with E-state index in [1.54, 1.807) is 11.1 Å². The summed E-state index contributed by atoms with van der Waals surface area (Å²) in [6.45, 7) is 7.11. The van der Waals surface area contributed by atoms with Crippen molar-refractivity contribution >= 4 is 5.91 Å². The van der Waals surface area contributed by atoms with Crippen molar-refractivity contribution in [3.05, 3.63) is 18.0 Å². The summed E-state index contributed by atoms with van der Waals surface area (Å²) in [6, 6.07) is 0.202. The molecule has 1 aromatic rings. The molecule has 0 spiro atoms. The lowest BCUT2D eigenvalue weighted by atomic mass is 9.61. The predicted octanol–water partition coefficient (Wildman–Crippen LogP) is 1.77. The first-order chi connectivity index (χ1) is 9.34. The molecule has 112 valence electrons. The van der Waals surface area contributed by atoms with E-state index in [0.29, 0.717) is 12.5 Å². The molecule has 3 unspecified atom stereocenters. The molecule has 0 aromatic carbocycles. The van der Waals surface area contributed by atoms with Gasteiger partial charge >= 0.3 is 0 Å². The molecule has 3 atom stereocenters. The number of nitrogens with zero attached hydrogens (tertiary/aromatic N) is 2. The van der Waals surface area contributed by atoms with Crippen LogP contribution in [0, 0.1) is 17.3 Å². The quantitative estimate of drug-likeness (QED) is 0.884. The van der Waals surface area contributed by atoms with Gasteiger partial charge in [-0.05, 0) is 24.2 Å². The van der Waals surface area contributed by atoms with Gasteiger partial charge in [-0.3, -0.25) is 9.89 Å². The van der Waals surface area contributed by atoms with Gasteiger partial charge in [0.25, 0.3) is 0 Å². The predicted molar refractivity (Wildman–Crippen MR) is 78.7 cm³/mol. The Balaban J connectivity index is 2.08. The number of H-pyrrole nitrogens is 1. The minimum absolute atomic E-state index is 0.0502. The minimum atomic E-state index is -0.0561. The molecular weight excluding hydrogens is 252 g/mol. The van der Waals surface area contributed by atoms with E-state index in [4.69, 9.17) is 5.73 Å². The maximum absolute atomic E-state index is 12.7. The second-order valence-corrected chi connectivity index (χ2v) is 6.70. The Hall–Kier alpha value is -1.36. The fourth-order valence-electron chi connectivity index (χ4n) is 3.27. The second-order valence-electron chi connectivity index (χ2n) is 6.70. The Labute approximate surface area is 120 Å². The van der Waals surface area contributed by atoms with E-state index in [1.807, 2.05) is 13.2 Å². The first-order valence-corrected chi connectivity index (χ1v) is 7.32. The Bertz CT molecular complexity index is 454. The molecule has 1 aromatic heterocycles. The smallest absolute Gasteiger partial charge is 0.226 e. The maximum atomic E-state index is 12.7. The highest BCUT2D eigenvalue weighted by molar-refractivity contribution is 5.79. The van der Waals surface area contributed by atoms with Crippen molar-refractivity contribution in [2.45, 2.75) is 46.2 Å². The average Bonchev–Trinajstić information content (AvgIpc) is 2.88. The van der Waals surface area contributed by atoms with Crippen molar-refractivity contribution in [2.24, 2.45) is 23.0 Å². The first kappa shape index (κ1) is 15.0. The van der Waals surface area contributed by atoms with Crippen molar-refractivity contribution in [3.8, 4) is 0 Å². The maximum Gasteiger partial charge on any atom is 0.226 e. The van der Waals surface area contributed by atoms with Gasteiger partial charge in [-0.1, -0.05) is 20.8 Å². The van der Waals surface area contributed by atoms with E-state index >= 15 is 0 Å². The molecule has 5 nitrogen and oxygen atoms in total. The Morgan fingerprint density at radius 3 is 2.85 bits per heavy atom. The van der Waals surface area contributed by atoms with Gasteiger partial charge in [0.2, 0.25) is 5.91 Å². The van der Waals surface area contributed by atoms with Crippen LogP contribution in [0.5, 0.6) is 0 Å². The van der Waals surface area contributed by atoms with Gasteiger partial charge < -0.3 is 10.6 Å². The van der Waals surface area contributed by atoms with Crippen LogP contribution in [0.3, 0.4) is 0 Å². The van der Waals surface area contributed by atoms with E-state index in [2.05, 4.69) is 31.0 Å². The van der Waals surface area contributed by atoms with Crippen LogP contribution in [0.4, 0.5) is 0 Å². The summed E-state index contributed by atoms with van der Waals surface area (Å²) < 4.78 is 0. The Kier molecular flexibility index (Phi) is 4.18. The van der Waals surface area contributed by atoms with Crippen molar-refractivity contribution in [1.29, 1.82) is 0 Å². The number of carbonyl (C=O) groups is 1. The van der Waals surface area contributed by atoms with Crippen LogP contribution in [-0.4, -0.2) is 34.1 Å². The fraction of sp³-hybridized carbons (Fsp3) is 0.733. The molecule has 1 heterocycles. The lowest BCUT2D eigenvalue weighted by Gasteiger charge is -2.47. The molecule has 20 heavy (non-hydrogen) atoms. The zero-order valence-corrected chi connectivity index (χ0v) is 12.9. The molecule has 2 rings (SSSR count). The van der Waals surface area contributed by atoms with Gasteiger partial charge in [0.05, 0.1) is 6.20 Å². The van der Waals surface area contributed by atoms with E-state index in [0.717, 1.165) is 18.4 Å². The monoisotopic (exact) mass is 278 g/mol. The highest BCUT2D eigenvalue weighted by Crippen LogP contribution is 2.45. The number of aromatic nitrogens is 2. The van der Waals surface area contributed by atoms with Crippen LogP contribution in [0.15, 0.2) is 12.4 Å². The summed E-state index contributed by atoms with van der Waals surface area (Å²) >= 11 is 0. The van der Waals surface area contributed by atoms with E-state index in [9.17, 15) is 4.79 Å². The average molecular weight is 278 g/mol. The zero-order chi connectivity index (χ0) is 14.9. The molecule has 5 heteroatoms. The van der Waals surface area contributed by atoms with E-state index in [1.165, 1.54) is 0 Å². The zero-order valence-electron chi connectivity index (χ0n) is 12.9. The summed E-state index contributed by atoms with van der Waals surface area (Å²) in [4.78, 5) is 14.6. The number of rotatable bonds is 3. The summed E-state index contributed by atoms with van der Waals surface area (Å²) in [6.07, 6.45) is 5.40. The summed E-state index contributed by atoms with van der Waals surface area (Å²) in [7, 11) is 1.87. The van der Waals surface area contributed by atoms with Crippen molar-refractivity contribution < 1.29 is 4.79 Å². The molecule has 1 fully saturated rings. The van der Waals surface area contributed by atoms with E-state index < -0.39 is 0 Å². The van der Waals surface area contributed by atoms with Crippen LogP contribution >= 0.6 is 0 Å². The number of nitrogens with two attached hydrogens (primary N) is 1. The molecule has 0 radical (unpaired) electrons. The lowest BCUT2D eigenvalue weighted by molar-refractivity contribution is -0.142. The molecule has 1 aliphatic carbocycles. The van der Waals surface area contributed by atoms with Crippen LogP contribution in [0.1, 0.15) is 39.2 Å². The standard InChI is InChI=1S/C15H26N4O/c1-10-13(16)6-5-12(15(10,2)3)14(20)19(4)9-11-7-17-18-8-11/h7-8,10,12-13H,5-6,9,16H2,1-4H3,(H,17,18). The fourth-order valence-corrected chi connectivity index (χ4v) is 3.27. The van der Waals surface area contributed by atoms with Crippen LogP contribution in [0.25, 0.3) is 0 Å². The van der Waals surface area contributed by atoms with Gasteiger partial charge in [-0.15, -0.1) is 0 Å². The number of nitrogens with one attached hydrogen (secondary N) is 1. The third-order valence-corrected chi connectivity index (χ3v) is 5.15. The number of carbonyl (C=O) groups excluding carboxylic acids is 1. The van der Waals surface area contributed by atoms with Crippen molar-refractivity contribution in [3.63, 3.8) is 0 Å².